The number of carboxylic acids is 1. The van der Waals surface area contributed by atoms with E-state index in [1.54, 1.807) is 45.4 Å². The zero-order valence-corrected chi connectivity index (χ0v) is 17.0. The molecular weight excluding hydrogens is 402 g/mol. The van der Waals surface area contributed by atoms with Crippen LogP contribution in [-0.2, 0) is 4.79 Å². The second-order valence-electron chi connectivity index (χ2n) is 5.83. The Kier molecular flexibility index (Phi) is 6.16. The lowest BCUT2D eigenvalue weighted by Gasteiger charge is -2.09. The summed E-state index contributed by atoms with van der Waals surface area (Å²) >= 11 is 7.03. The highest BCUT2D eigenvalue weighted by Crippen LogP contribution is 2.40. The number of ether oxygens (including phenoxy) is 2. The Morgan fingerprint density at radius 1 is 1.11 bits per heavy atom. The molecule has 0 aliphatic rings. The molecule has 0 saturated carbocycles. The molecule has 0 aliphatic carbocycles. The molecule has 3 rings (SSSR count). The van der Waals surface area contributed by atoms with E-state index in [0.29, 0.717) is 28.0 Å². The van der Waals surface area contributed by atoms with Gasteiger partial charge in [-0.15, -0.1) is 0 Å². The minimum absolute atomic E-state index is 0.268. The maximum Gasteiger partial charge on any atom is 0.316 e. The van der Waals surface area contributed by atoms with Crippen LogP contribution in [0.5, 0.6) is 11.5 Å². The van der Waals surface area contributed by atoms with Crippen LogP contribution in [0.4, 0.5) is 0 Å². The highest BCUT2D eigenvalue weighted by molar-refractivity contribution is 8.00. The molecule has 1 heterocycles. The minimum Gasteiger partial charge on any atom is -0.493 e. The standard InChI is InChI=1S/C20H18ClNO5S/c1-11(19(23)24)28-20-22-17(12-4-7-14(21)8-5-12)18(27-20)13-6-9-15(25-2)16(10-13)26-3/h4-11H,1-3H3,(H,23,24). The van der Waals surface area contributed by atoms with Crippen molar-refractivity contribution in [1.29, 1.82) is 0 Å². The third-order valence-corrected chi connectivity index (χ3v) is 5.18. The van der Waals surface area contributed by atoms with Crippen molar-refractivity contribution in [2.24, 2.45) is 0 Å². The molecular formula is C20H18ClNO5S. The summed E-state index contributed by atoms with van der Waals surface area (Å²) < 4.78 is 16.6. The number of oxazole rings is 1. The monoisotopic (exact) mass is 419 g/mol. The Morgan fingerprint density at radius 3 is 2.36 bits per heavy atom. The summed E-state index contributed by atoms with van der Waals surface area (Å²) in [7, 11) is 3.12. The van der Waals surface area contributed by atoms with E-state index in [2.05, 4.69) is 4.98 Å². The first-order chi connectivity index (χ1) is 13.4. The number of hydrogen-bond donors (Lipinski definition) is 1. The average Bonchev–Trinajstić information content (AvgIpc) is 3.11. The van der Waals surface area contributed by atoms with Crippen molar-refractivity contribution in [3.05, 3.63) is 47.5 Å². The van der Waals surface area contributed by atoms with Gasteiger partial charge in [-0.1, -0.05) is 35.5 Å². The summed E-state index contributed by atoms with van der Waals surface area (Å²) in [5, 5.41) is 9.35. The van der Waals surface area contributed by atoms with Gasteiger partial charge in [-0.05, 0) is 37.3 Å². The zero-order chi connectivity index (χ0) is 20.3. The van der Waals surface area contributed by atoms with Crippen LogP contribution in [0.3, 0.4) is 0 Å². The molecule has 146 valence electrons. The largest absolute Gasteiger partial charge is 0.493 e. The molecule has 2 aromatic carbocycles. The number of carboxylic acid groups (broad SMARTS) is 1. The van der Waals surface area contributed by atoms with Crippen LogP contribution in [-0.4, -0.2) is 35.5 Å². The van der Waals surface area contributed by atoms with Crippen molar-refractivity contribution in [2.75, 3.05) is 14.2 Å². The second-order valence-corrected chi connectivity index (χ2v) is 7.56. The van der Waals surface area contributed by atoms with E-state index in [1.807, 2.05) is 18.2 Å². The van der Waals surface area contributed by atoms with Gasteiger partial charge < -0.3 is 19.0 Å². The molecule has 0 fully saturated rings. The zero-order valence-electron chi connectivity index (χ0n) is 15.4. The molecule has 1 aromatic heterocycles. The van der Waals surface area contributed by atoms with Gasteiger partial charge in [0, 0.05) is 16.1 Å². The van der Waals surface area contributed by atoms with Crippen molar-refractivity contribution < 1.29 is 23.8 Å². The molecule has 0 radical (unpaired) electrons. The van der Waals surface area contributed by atoms with E-state index < -0.39 is 11.2 Å². The fraction of sp³-hybridized carbons (Fsp3) is 0.200. The Labute approximate surface area is 171 Å². The molecule has 1 unspecified atom stereocenters. The first kappa shape index (κ1) is 20.1. The Hall–Kier alpha value is -2.64. The summed E-state index contributed by atoms with van der Waals surface area (Å²) in [6.07, 6.45) is 0. The molecule has 0 bridgehead atoms. The van der Waals surface area contributed by atoms with E-state index in [1.165, 1.54) is 0 Å². The summed E-state index contributed by atoms with van der Waals surface area (Å²) in [6.45, 7) is 1.58. The topological polar surface area (TPSA) is 81.8 Å². The number of carbonyl (C=O) groups is 1. The first-order valence-corrected chi connectivity index (χ1v) is 9.57. The fourth-order valence-electron chi connectivity index (χ4n) is 2.53. The van der Waals surface area contributed by atoms with Crippen LogP contribution >= 0.6 is 23.4 Å². The lowest BCUT2D eigenvalue weighted by atomic mass is 10.1. The number of hydrogen-bond acceptors (Lipinski definition) is 6. The molecule has 0 spiro atoms. The molecule has 6 nitrogen and oxygen atoms in total. The number of nitrogens with zero attached hydrogens (tertiary/aromatic N) is 1. The van der Waals surface area contributed by atoms with Gasteiger partial charge in [0.15, 0.2) is 17.3 Å². The molecule has 28 heavy (non-hydrogen) atoms. The fourth-order valence-corrected chi connectivity index (χ4v) is 3.33. The lowest BCUT2D eigenvalue weighted by molar-refractivity contribution is -0.136. The molecule has 1 N–H and O–H groups in total. The first-order valence-electron chi connectivity index (χ1n) is 8.31. The third kappa shape index (κ3) is 4.26. The highest BCUT2D eigenvalue weighted by Gasteiger charge is 2.22. The summed E-state index contributed by atoms with van der Waals surface area (Å²) in [6, 6.07) is 12.6. The van der Waals surface area contributed by atoms with Gasteiger partial charge in [0.05, 0.1) is 14.2 Å². The quantitative estimate of drug-likeness (QED) is 0.524. The van der Waals surface area contributed by atoms with Crippen LogP contribution in [0.2, 0.25) is 5.02 Å². The van der Waals surface area contributed by atoms with Gasteiger partial charge in [0.2, 0.25) is 0 Å². The molecule has 0 amide bonds. The maximum atomic E-state index is 11.2. The summed E-state index contributed by atoms with van der Waals surface area (Å²) in [5.41, 5.74) is 2.11. The normalized spacial score (nSPS) is 11.9. The molecule has 1 atom stereocenters. The predicted molar refractivity (Wildman–Crippen MR) is 108 cm³/mol. The number of benzene rings is 2. The second kappa shape index (κ2) is 8.58. The number of halogens is 1. The highest BCUT2D eigenvalue weighted by atomic mass is 35.5. The van der Waals surface area contributed by atoms with Gasteiger partial charge in [0.1, 0.15) is 10.9 Å². The van der Waals surface area contributed by atoms with Crippen molar-refractivity contribution in [1.82, 2.24) is 4.98 Å². The van der Waals surface area contributed by atoms with Crippen LogP contribution in [0, 0.1) is 0 Å². The van der Waals surface area contributed by atoms with E-state index in [4.69, 9.17) is 25.5 Å². The van der Waals surface area contributed by atoms with Crippen LogP contribution in [0.1, 0.15) is 6.92 Å². The Bertz CT molecular complexity index is 987. The number of methoxy groups -OCH3 is 2. The average molecular weight is 420 g/mol. The van der Waals surface area contributed by atoms with Gasteiger partial charge in [-0.3, -0.25) is 4.79 Å². The van der Waals surface area contributed by atoms with Gasteiger partial charge in [-0.25, -0.2) is 4.98 Å². The smallest absolute Gasteiger partial charge is 0.316 e. The minimum atomic E-state index is -0.941. The number of aromatic nitrogens is 1. The van der Waals surface area contributed by atoms with Crippen LogP contribution in [0.25, 0.3) is 22.6 Å². The lowest BCUT2D eigenvalue weighted by Crippen LogP contribution is -2.10. The number of thioether (sulfide) groups is 1. The number of rotatable bonds is 7. The molecule has 8 heteroatoms. The van der Waals surface area contributed by atoms with Crippen molar-refractivity contribution >= 4 is 29.3 Å². The van der Waals surface area contributed by atoms with Crippen LogP contribution in [0.15, 0.2) is 52.1 Å². The Balaban J connectivity index is 2.11. The molecule has 3 aromatic rings. The molecule has 0 saturated heterocycles. The number of aliphatic carboxylic acids is 1. The van der Waals surface area contributed by atoms with Gasteiger partial charge >= 0.3 is 5.97 Å². The summed E-state index contributed by atoms with van der Waals surface area (Å²) in [4.78, 5) is 15.7. The van der Waals surface area contributed by atoms with E-state index in [9.17, 15) is 9.90 Å². The van der Waals surface area contributed by atoms with Crippen molar-refractivity contribution in [3.8, 4) is 34.1 Å². The van der Waals surface area contributed by atoms with Gasteiger partial charge in [0.25, 0.3) is 5.22 Å². The van der Waals surface area contributed by atoms with Crippen LogP contribution < -0.4 is 9.47 Å². The summed E-state index contributed by atoms with van der Waals surface area (Å²) in [5.74, 6) is 0.701. The van der Waals surface area contributed by atoms with Crippen molar-refractivity contribution in [3.63, 3.8) is 0 Å². The van der Waals surface area contributed by atoms with Gasteiger partial charge in [-0.2, -0.15) is 0 Å². The maximum absolute atomic E-state index is 11.2. The third-order valence-electron chi connectivity index (χ3n) is 4.00. The van der Waals surface area contributed by atoms with E-state index in [-0.39, 0.29) is 5.22 Å². The SMILES string of the molecule is COc1ccc(-c2oc(SC(C)C(=O)O)nc2-c2ccc(Cl)cc2)cc1OC. The molecule has 0 aliphatic heterocycles. The predicted octanol–water partition coefficient (Wildman–Crippen LogP) is 5.24. The van der Waals surface area contributed by atoms with Crippen molar-refractivity contribution in [2.45, 2.75) is 17.4 Å². The van der Waals surface area contributed by atoms with E-state index in [0.717, 1.165) is 22.9 Å². The van der Waals surface area contributed by atoms with E-state index >= 15 is 0 Å². The Morgan fingerprint density at radius 2 is 1.75 bits per heavy atom.